The molecule has 6 heteroatoms. The summed E-state index contributed by atoms with van der Waals surface area (Å²) in [7, 11) is 0. The quantitative estimate of drug-likeness (QED) is 0.442. The number of amides is 2. The second-order valence-corrected chi connectivity index (χ2v) is 8.06. The van der Waals surface area contributed by atoms with E-state index < -0.39 is 11.9 Å². The van der Waals surface area contributed by atoms with Crippen LogP contribution in [0.3, 0.4) is 0 Å². The maximum Gasteiger partial charge on any atom is 0.295 e. The van der Waals surface area contributed by atoms with Gasteiger partial charge in [-0.15, -0.1) is 0 Å². The molecule has 5 rings (SSSR count). The van der Waals surface area contributed by atoms with E-state index in [-0.39, 0.29) is 17.7 Å². The van der Waals surface area contributed by atoms with Crippen LogP contribution in [0.1, 0.15) is 48.0 Å². The minimum absolute atomic E-state index is 0.105. The fraction of sp³-hybridized carbons (Fsp3) is 0.231. The van der Waals surface area contributed by atoms with Gasteiger partial charge in [0.2, 0.25) is 0 Å². The molecule has 0 spiro atoms. The molecule has 6 nitrogen and oxygen atoms in total. The van der Waals surface area contributed by atoms with Crippen LogP contribution in [0.15, 0.2) is 88.1 Å². The second kappa shape index (κ2) is 8.75. The van der Waals surface area contributed by atoms with E-state index in [1.165, 1.54) is 17.4 Å². The van der Waals surface area contributed by atoms with Crippen molar-refractivity contribution in [2.75, 3.05) is 4.90 Å². The molecule has 2 amide bonds. The molecule has 1 fully saturated rings. The molecule has 1 aliphatic carbocycles. The monoisotopic (exact) mass is 428 g/mol. The van der Waals surface area contributed by atoms with Crippen molar-refractivity contribution >= 4 is 28.3 Å². The Hall–Kier alpha value is -3.80. The summed E-state index contributed by atoms with van der Waals surface area (Å²) in [6, 6.07) is 19.4. The second-order valence-electron chi connectivity index (χ2n) is 8.06. The molecule has 4 aromatic rings. The van der Waals surface area contributed by atoms with Crippen LogP contribution in [0, 0.1) is 0 Å². The van der Waals surface area contributed by atoms with Crippen LogP contribution in [0.4, 0.5) is 5.69 Å². The molecule has 1 aliphatic rings. The van der Waals surface area contributed by atoms with E-state index in [2.05, 4.69) is 5.32 Å². The van der Waals surface area contributed by atoms with E-state index in [1.54, 1.807) is 24.3 Å². The minimum atomic E-state index is -0.978. The topological polar surface area (TPSA) is 75.7 Å². The predicted octanol–water partition coefficient (Wildman–Crippen LogP) is 5.47. The first-order valence-corrected chi connectivity index (χ1v) is 10.9. The molecule has 0 saturated heterocycles. The number of carbonyl (C=O) groups excluding carboxylic acids is 2. The van der Waals surface area contributed by atoms with Gasteiger partial charge in [0.25, 0.3) is 11.8 Å². The van der Waals surface area contributed by atoms with Crippen LogP contribution in [-0.4, -0.2) is 17.9 Å². The third-order valence-corrected chi connectivity index (χ3v) is 6.00. The number of carbonyl (C=O) groups is 2. The predicted molar refractivity (Wildman–Crippen MR) is 121 cm³/mol. The van der Waals surface area contributed by atoms with E-state index in [9.17, 15) is 9.59 Å². The lowest BCUT2D eigenvalue weighted by Gasteiger charge is -2.31. The Bertz CT molecular complexity index is 1200. The van der Waals surface area contributed by atoms with Gasteiger partial charge < -0.3 is 14.2 Å². The van der Waals surface area contributed by atoms with Gasteiger partial charge in [-0.2, -0.15) is 0 Å². The number of furan rings is 2. The third-order valence-electron chi connectivity index (χ3n) is 6.00. The van der Waals surface area contributed by atoms with Crippen molar-refractivity contribution in [3.63, 3.8) is 0 Å². The molecule has 0 aliphatic heterocycles. The molecule has 0 bridgehead atoms. The summed E-state index contributed by atoms with van der Waals surface area (Å²) in [5.41, 5.74) is 0.618. The van der Waals surface area contributed by atoms with Crippen LogP contribution in [0.25, 0.3) is 10.8 Å². The molecule has 2 heterocycles. The number of benzene rings is 2. The number of rotatable bonds is 6. The molecule has 1 atom stereocenters. The number of hydrogen-bond acceptors (Lipinski definition) is 4. The molecule has 1 unspecified atom stereocenters. The zero-order chi connectivity index (χ0) is 21.9. The fourth-order valence-corrected chi connectivity index (χ4v) is 4.47. The summed E-state index contributed by atoms with van der Waals surface area (Å²) >= 11 is 0. The van der Waals surface area contributed by atoms with Crippen molar-refractivity contribution < 1.29 is 18.4 Å². The lowest BCUT2D eigenvalue weighted by molar-refractivity contribution is -0.123. The zero-order valence-corrected chi connectivity index (χ0v) is 17.6. The van der Waals surface area contributed by atoms with Gasteiger partial charge in [-0.25, -0.2) is 0 Å². The SMILES string of the molecule is O=C(NC1CCCC1)C(c1ccco1)N(C(=O)c1ccco1)c1cccc2ccccc12. The first kappa shape index (κ1) is 20.1. The van der Waals surface area contributed by atoms with E-state index >= 15 is 0 Å². The van der Waals surface area contributed by atoms with Crippen molar-refractivity contribution in [1.82, 2.24) is 5.32 Å². The van der Waals surface area contributed by atoms with Gasteiger partial charge in [0.1, 0.15) is 5.76 Å². The van der Waals surface area contributed by atoms with Gasteiger partial charge in [-0.05, 0) is 48.6 Å². The molecule has 32 heavy (non-hydrogen) atoms. The van der Waals surface area contributed by atoms with Crippen molar-refractivity contribution in [3.8, 4) is 0 Å². The molecular formula is C26H24N2O4. The van der Waals surface area contributed by atoms with E-state index in [0.717, 1.165) is 36.5 Å². The van der Waals surface area contributed by atoms with Crippen LogP contribution in [0.5, 0.6) is 0 Å². The highest BCUT2D eigenvalue weighted by atomic mass is 16.3. The number of anilines is 1. The van der Waals surface area contributed by atoms with Gasteiger partial charge >= 0.3 is 0 Å². The normalized spacial score (nSPS) is 15.0. The molecule has 1 saturated carbocycles. The molecule has 1 N–H and O–H groups in total. The summed E-state index contributed by atoms with van der Waals surface area (Å²) in [6.45, 7) is 0. The average Bonchev–Trinajstić information content (AvgIpc) is 3.60. The van der Waals surface area contributed by atoms with Crippen LogP contribution in [0.2, 0.25) is 0 Å². The summed E-state index contributed by atoms with van der Waals surface area (Å²) in [6.07, 6.45) is 7.04. The molecule has 2 aromatic heterocycles. The Morgan fingerprint density at radius 2 is 1.62 bits per heavy atom. The average molecular weight is 428 g/mol. The Morgan fingerprint density at radius 1 is 0.875 bits per heavy atom. The first-order chi connectivity index (χ1) is 15.7. The van der Waals surface area contributed by atoms with Crippen molar-refractivity contribution in [1.29, 1.82) is 0 Å². The number of nitrogens with zero attached hydrogens (tertiary/aromatic N) is 1. The molecule has 2 aromatic carbocycles. The number of nitrogens with one attached hydrogen (secondary N) is 1. The molecule has 0 radical (unpaired) electrons. The first-order valence-electron chi connectivity index (χ1n) is 10.9. The summed E-state index contributed by atoms with van der Waals surface area (Å²) < 4.78 is 11.1. The maximum atomic E-state index is 13.7. The van der Waals surface area contributed by atoms with Gasteiger partial charge in [0, 0.05) is 11.4 Å². The van der Waals surface area contributed by atoms with Crippen LogP contribution < -0.4 is 10.2 Å². The zero-order valence-electron chi connectivity index (χ0n) is 17.6. The lowest BCUT2D eigenvalue weighted by Crippen LogP contribution is -2.46. The summed E-state index contributed by atoms with van der Waals surface area (Å²) in [5, 5.41) is 4.97. The van der Waals surface area contributed by atoms with Crippen molar-refractivity contribution in [2.24, 2.45) is 0 Å². The van der Waals surface area contributed by atoms with Gasteiger partial charge in [0.15, 0.2) is 11.8 Å². The summed E-state index contributed by atoms with van der Waals surface area (Å²) in [5.74, 6) is -0.120. The van der Waals surface area contributed by atoms with Crippen LogP contribution >= 0.6 is 0 Å². The largest absolute Gasteiger partial charge is 0.467 e. The van der Waals surface area contributed by atoms with Gasteiger partial charge in [0.05, 0.1) is 18.2 Å². The molecule has 162 valence electrons. The smallest absolute Gasteiger partial charge is 0.295 e. The lowest BCUT2D eigenvalue weighted by atomic mass is 10.0. The highest BCUT2D eigenvalue weighted by Crippen LogP contribution is 2.35. The van der Waals surface area contributed by atoms with Crippen LogP contribution in [-0.2, 0) is 4.79 Å². The Morgan fingerprint density at radius 3 is 2.38 bits per heavy atom. The highest BCUT2D eigenvalue weighted by molar-refractivity contribution is 6.12. The van der Waals surface area contributed by atoms with E-state index in [0.29, 0.717) is 11.4 Å². The van der Waals surface area contributed by atoms with E-state index in [4.69, 9.17) is 8.83 Å². The Kier molecular flexibility index (Phi) is 5.50. The van der Waals surface area contributed by atoms with Crippen molar-refractivity contribution in [3.05, 3.63) is 90.8 Å². The standard InChI is InChI=1S/C26H24N2O4/c29-25(27-19-10-2-3-11-19)24(22-14-6-16-31-22)28(26(30)23-15-7-17-32-23)21-13-5-9-18-8-1-4-12-20(18)21/h1,4-9,12-17,19,24H,2-3,10-11H2,(H,27,29). The Labute approximate surface area is 185 Å². The fourth-order valence-electron chi connectivity index (χ4n) is 4.47. The number of fused-ring (bicyclic) bond motifs is 1. The Balaban J connectivity index is 1.66. The van der Waals surface area contributed by atoms with Gasteiger partial charge in [-0.1, -0.05) is 49.2 Å². The summed E-state index contributed by atoms with van der Waals surface area (Å²) in [4.78, 5) is 28.9. The third kappa shape index (κ3) is 3.80. The van der Waals surface area contributed by atoms with E-state index in [1.807, 2.05) is 42.5 Å². The van der Waals surface area contributed by atoms with Crippen molar-refractivity contribution in [2.45, 2.75) is 37.8 Å². The van der Waals surface area contributed by atoms with Gasteiger partial charge in [-0.3, -0.25) is 14.5 Å². The minimum Gasteiger partial charge on any atom is -0.467 e. The highest BCUT2D eigenvalue weighted by Gasteiger charge is 2.38. The number of hydrogen-bond donors (Lipinski definition) is 1. The molecular weight excluding hydrogens is 404 g/mol. The maximum absolute atomic E-state index is 13.7.